The van der Waals surface area contributed by atoms with Gasteiger partial charge in [0.05, 0.1) is 10.8 Å². The van der Waals surface area contributed by atoms with Gasteiger partial charge in [-0.25, -0.2) is 0 Å². The van der Waals surface area contributed by atoms with Gasteiger partial charge < -0.3 is 9.15 Å². The molecule has 0 aliphatic carbocycles. The van der Waals surface area contributed by atoms with E-state index in [0.29, 0.717) is 21.9 Å². The van der Waals surface area contributed by atoms with Crippen LogP contribution in [0.25, 0.3) is 33.1 Å². The highest BCUT2D eigenvalue weighted by atomic mass is 16.5. The summed E-state index contributed by atoms with van der Waals surface area (Å²) in [6, 6.07) is 27.3. The Hall–Kier alpha value is -3.85. The first-order valence-electron chi connectivity index (χ1n) is 9.62. The number of hydrogen-bond donors (Lipinski definition) is 0. The molecule has 0 fully saturated rings. The van der Waals surface area contributed by atoms with Crippen LogP contribution in [0, 0.1) is 0 Å². The molecule has 3 heteroatoms. The molecule has 0 unspecified atom stereocenters. The number of rotatable bonds is 1. The number of ether oxygens (including phenoxy) is 1. The summed E-state index contributed by atoms with van der Waals surface area (Å²) < 4.78 is 12.2. The normalized spacial score (nSPS) is 12.4. The number of benzene rings is 4. The highest BCUT2D eigenvalue weighted by Gasteiger charge is 2.22. The van der Waals surface area contributed by atoms with Crippen LogP contribution in [-0.2, 0) is 6.42 Å². The van der Waals surface area contributed by atoms with E-state index in [1.807, 2.05) is 72.8 Å². The van der Waals surface area contributed by atoms with Crippen molar-refractivity contribution >= 4 is 21.9 Å². The van der Waals surface area contributed by atoms with Gasteiger partial charge in [-0.15, -0.1) is 0 Å². The highest BCUT2D eigenvalue weighted by molar-refractivity contribution is 6.00. The van der Waals surface area contributed by atoms with E-state index in [9.17, 15) is 4.79 Å². The highest BCUT2D eigenvalue weighted by Crippen LogP contribution is 2.42. The molecule has 0 N–H and O–H groups in total. The van der Waals surface area contributed by atoms with E-state index in [-0.39, 0.29) is 5.43 Å². The van der Waals surface area contributed by atoms with Gasteiger partial charge in [-0.1, -0.05) is 54.6 Å². The van der Waals surface area contributed by atoms with E-state index in [1.54, 1.807) is 0 Å². The van der Waals surface area contributed by atoms with Gasteiger partial charge in [-0.2, -0.15) is 0 Å². The zero-order valence-corrected chi connectivity index (χ0v) is 15.5. The average molecular weight is 376 g/mol. The van der Waals surface area contributed by atoms with Crippen molar-refractivity contribution in [1.82, 2.24) is 0 Å². The fourth-order valence-corrected chi connectivity index (χ4v) is 4.23. The number of hydrogen-bond acceptors (Lipinski definition) is 3. The molecule has 4 aromatic carbocycles. The second-order valence-corrected chi connectivity index (χ2v) is 7.27. The van der Waals surface area contributed by atoms with E-state index >= 15 is 0 Å². The van der Waals surface area contributed by atoms with E-state index in [4.69, 9.17) is 9.15 Å². The van der Waals surface area contributed by atoms with E-state index < -0.39 is 0 Å². The van der Waals surface area contributed by atoms with Crippen LogP contribution in [0.2, 0.25) is 0 Å². The van der Waals surface area contributed by atoms with Crippen LogP contribution in [-0.4, -0.2) is 0 Å². The SMILES string of the molecule is O=c1c2ccccc2oc2cccc(-c3cccc4c3Cc3ccccc3O4)c12. The molecular formula is C26H16O3. The molecule has 0 bridgehead atoms. The van der Waals surface area contributed by atoms with Crippen molar-refractivity contribution in [2.75, 3.05) is 0 Å². The summed E-state index contributed by atoms with van der Waals surface area (Å²) in [5, 5.41) is 1.21. The number of fused-ring (bicyclic) bond motifs is 4. The van der Waals surface area contributed by atoms with Crippen molar-refractivity contribution in [1.29, 1.82) is 0 Å². The summed E-state index contributed by atoms with van der Waals surface area (Å²) in [5.41, 5.74) is 5.31. The predicted molar refractivity (Wildman–Crippen MR) is 115 cm³/mol. The standard InChI is InChI=1S/C26H16O3/c27-26-19-8-2-4-12-22(19)29-24-14-6-10-18(25(24)26)17-9-5-13-23-20(17)15-16-7-1-3-11-21(16)28-23/h1-14H,15H2. The lowest BCUT2D eigenvalue weighted by Crippen LogP contribution is -2.07. The van der Waals surface area contributed by atoms with Crippen LogP contribution >= 0.6 is 0 Å². The van der Waals surface area contributed by atoms with E-state index in [0.717, 1.165) is 40.2 Å². The fourth-order valence-electron chi connectivity index (χ4n) is 4.23. The Bertz CT molecular complexity index is 1480. The third-order valence-electron chi connectivity index (χ3n) is 5.59. The van der Waals surface area contributed by atoms with Crippen molar-refractivity contribution in [3.63, 3.8) is 0 Å². The first-order chi connectivity index (χ1) is 14.3. The molecule has 0 amide bonds. The van der Waals surface area contributed by atoms with Crippen LogP contribution in [0.3, 0.4) is 0 Å². The van der Waals surface area contributed by atoms with Crippen molar-refractivity contribution in [2.45, 2.75) is 6.42 Å². The zero-order valence-electron chi connectivity index (χ0n) is 15.5. The van der Waals surface area contributed by atoms with Crippen LogP contribution in [0.5, 0.6) is 11.5 Å². The molecular weight excluding hydrogens is 360 g/mol. The van der Waals surface area contributed by atoms with Gasteiger partial charge in [0.25, 0.3) is 0 Å². The van der Waals surface area contributed by atoms with Crippen molar-refractivity contribution in [3.05, 3.63) is 106 Å². The third kappa shape index (κ3) is 2.41. The maximum Gasteiger partial charge on any atom is 0.201 e. The Morgan fingerprint density at radius 1 is 0.655 bits per heavy atom. The maximum atomic E-state index is 13.4. The van der Waals surface area contributed by atoms with Gasteiger partial charge in [0, 0.05) is 12.0 Å². The molecule has 0 spiro atoms. The minimum atomic E-state index is -0.00724. The summed E-state index contributed by atoms with van der Waals surface area (Å²) in [6.45, 7) is 0. The Kier molecular flexibility index (Phi) is 3.38. The summed E-state index contributed by atoms with van der Waals surface area (Å²) in [7, 11) is 0. The van der Waals surface area contributed by atoms with E-state index in [1.165, 1.54) is 0 Å². The van der Waals surface area contributed by atoms with Crippen LogP contribution in [0.4, 0.5) is 0 Å². The molecule has 1 aliphatic heterocycles. The third-order valence-corrected chi connectivity index (χ3v) is 5.59. The molecule has 2 heterocycles. The zero-order chi connectivity index (χ0) is 19.4. The molecule has 138 valence electrons. The lowest BCUT2D eigenvalue weighted by molar-refractivity contribution is 0.460. The molecule has 29 heavy (non-hydrogen) atoms. The Balaban J connectivity index is 1.65. The lowest BCUT2D eigenvalue weighted by atomic mass is 9.90. The van der Waals surface area contributed by atoms with Gasteiger partial charge in [-0.05, 0) is 47.0 Å². The first-order valence-corrected chi connectivity index (χ1v) is 9.62. The smallest absolute Gasteiger partial charge is 0.201 e. The van der Waals surface area contributed by atoms with Gasteiger partial charge in [-0.3, -0.25) is 4.79 Å². The van der Waals surface area contributed by atoms with Crippen molar-refractivity contribution < 1.29 is 9.15 Å². The summed E-state index contributed by atoms with van der Waals surface area (Å²) in [4.78, 5) is 13.4. The predicted octanol–water partition coefficient (Wildman–Crippen LogP) is 6.31. The summed E-state index contributed by atoms with van der Waals surface area (Å²) >= 11 is 0. The molecule has 1 aliphatic rings. The Labute approximate surface area is 166 Å². The van der Waals surface area contributed by atoms with Gasteiger partial charge >= 0.3 is 0 Å². The van der Waals surface area contributed by atoms with Crippen LogP contribution in [0.1, 0.15) is 11.1 Å². The first kappa shape index (κ1) is 16.1. The second-order valence-electron chi connectivity index (χ2n) is 7.27. The van der Waals surface area contributed by atoms with Crippen molar-refractivity contribution in [3.8, 4) is 22.6 Å². The van der Waals surface area contributed by atoms with Gasteiger partial charge in [0.1, 0.15) is 22.7 Å². The fraction of sp³-hybridized carbons (Fsp3) is 0.0385. The van der Waals surface area contributed by atoms with E-state index in [2.05, 4.69) is 12.1 Å². The average Bonchev–Trinajstić information content (AvgIpc) is 2.77. The maximum absolute atomic E-state index is 13.4. The monoisotopic (exact) mass is 376 g/mol. The molecule has 0 atom stereocenters. The van der Waals surface area contributed by atoms with Crippen LogP contribution in [0.15, 0.2) is 94.1 Å². The number of para-hydroxylation sites is 2. The molecule has 0 radical (unpaired) electrons. The Morgan fingerprint density at radius 3 is 2.34 bits per heavy atom. The summed E-state index contributed by atoms with van der Waals surface area (Å²) in [6.07, 6.45) is 0.761. The molecule has 3 nitrogen and oxygen atoms in total. The minimum absolute atomic E-state index is 0.00724. The lowest BCUT2D eigenvalue weighted by Gasteiger charge is -2.23. The minimum Gasteiger partial charge on any atom is -0.457 e. The molecule has 1 aromatic heterocycles. The van der Waals surface area contributed by atoms with Gasteiger partial charge in [0.2, 0.25) is 5.43 Å². The topological polar surface area (TPSA) is 39.4 Å². The quantitative estimate of drug-likeness (QED) is 0.316. The second kappa shape index (κ2) is 6.08. The largest absolute Gasteiger partial charge is 0.457 e. The molecule has 0 saturated carbocycles. The molecule has 0 saturated heterocycles. The molecule has 6 rings (SSSR count). The molecule has 5 aromatic rings. The van der Waals surface area contributed by atoms with Crippen LogP contribution < -0.4 is 10.2 Å². The summed E-state index contributed by atoms with van der Waals surface area (Å²) in [5.74, 6) is 1.73. The van der Waals surface area contributed by atoms with Gasteiger partial charge in [0.15, 0.2) is 0 Å². The van der Waals surface area contributed by atoms with Crippen molar-refractivity contribution in [2.24, 2.45) is 0 Å². The Morgan fingerprint density at radius 2 is 1.38 bits per heavy atom.